The van der Waals surface area contributed by atoms with E-state index in [1.807, 2.05) is 12.1 Å². The number of esters is 1. The lowest BCUT2D eigenvalue weighted by Gasteiger charge is -2.06. The predicted octanol–water partition coefficient (Wildman–Crippen LogP) is 5.36. The molecule has 146 valence electrons. The molecule has 3 rings (SSSR count). The van der Waals surface area contributed by atoms with Gasteiger partial charge in [-0.3, -0.25) is 0 Å². The standard InChI is InChI=1S/C24H23N3O2/c1-2-3-4-5-6-18-7-13-21(14-8-18)24(28)29-23-17-26-22(16-27-23)20-11-9-19(15-25)10-12-20/h7-14,16-17H,2-6H2,1H3. The van der Waals surface area contributed by atoms with Crippen LogP contribution in [0.1, 0.15) is 54.1 Å². The Morgan fingerprint density at radius 3 is 2.34 bits per heavy atom. The quantitative estimate of drug-likeness (QED) is 0.385. The number of aromatic nitrogens is 2. The van der Waals surface area contributed by atoms with E-state index < -0.39 is 5.97 Å². The molecule has 0 aliphatic carbocycles. The third kappa shape index (κ3) is 5.73. The number of benzene rings is 2. The Bertz CT molecular complexity index is 973. The topological polar surface area (TPSA) is 75.9 Å². The number of carbonyl (C=O) groups is 1. The van der Waals surface area contributed by atoms with Gasteiger partial charge in [-0.1, -0.05) is 50.5 Å². The van der Waals surface area contributed by atoms with Crippen LogP contribution >= 0.6 is 0 Å². The number of rotatable bonds is 8. The summed E-state index contributed by atoms with van der Waals surface area (Å²) in [6, 6.07) is 16.6. The number of carbonyl (C=O) groups excluding carboxylic acids is 1. The minimum absolute atomic E-state index is 0.149. The summed E-state index contributed by atoms with van der Waals surface area (Å²) in [6.07, 6.45) is 8.88. The maximum atomic E-state index is 12.3. The van der Waals surface area contributed by atoms with Crippen molar-refractivity contribution >= 4 is 5.97 Å². The molecule has 3 aromatic rings. The van der Waals surface area contributed by atoms with E-state index in [1.54, 1.807) is 42.6 Å². The van der Waals surface area contributed by atoms with Crippen LogP contribution in [0.3, 0.4) is 0 Å². The number of unbranched alkanes of at least 4 members (excludes halogenated alkanes) is 3. The highest BCUT2D eigenvalue weighted by atomic mass is 16.5. The summed E-state index contributed by atoms with van der Waals surface area (Å²) in [5.74, 6) is -0.306. The molecule has 1 aromatic heterocycles. The van der Waals surface area contributed by atoms with E-state index >= 15 is 0 Å². The molecule has 0 amide bonds. The van der Waals surface area contributed by atoms with Crippen LogP contribution in [-0.4, -0.2) is 15.9 Å². The molecule has 0 aliphatic rings. The van der Waals surface area contributed by atoms with E-state index in [-0.39, 0.29) is 5.88 Å². The number of aryl methyl sites for hydroxylation is 1. The molecular weight excluding hydrogens is 362 g/mol. The van der Waals surface area contributed by atoms with Crippen molar-refractivity contribution in [3.63, 3.8) is 0 Å². The number of nitrogens with zero attached hydrogens (tertiary/aromatic N) is 3. The van der Waals surface area contributed by atoms with Crippen LogP contribution in [0, 0.1) is 11.3 Å². The van der Waals surface area contributed by atoms with Gasteiger partial charge in [-0.25, -0.2) is 14.8 Å². The van der Waals surface area contributed by atoms with Crippen molar-refractivity contribution in [2.45, 2.75) is 39.0 Å². The van der Waals surface area contributed by atoms with Gasteiger partial charge in [-0.2, -0.15) is 5.26 Å². The largest absolute Gasteiger partial charge is 0.402 e. The Balaban J connectivity index is 1.58. The third-order valence-electron chi connectivity index (χ3n) is 4.64. The lowest BCUT2D eigenvalue weighted by atomic mass is 10.0. The molecule has 2 aromatic carbocycles. The summed E-state index contributed by atoms with van der Waals surface area (Å²) in [7, 11) is 0. The Kier molecular flexibility index (Phi) is 7.07. The smallest absolute Gasteiger partial charge is 0.344 e. The molecule has 0 unspecified atom stereocenters. The zero-order valence-electron chi connectivity index (χ0n) is 16.5. The normalized spacial score (nSPS) is 10.3. The lowest BCUT2D eigenvalue weighted by molar-refractivity contribution is 0.0727. The molecule has 0 aliphatic heterocycles. The maximum absolute atomic E-state index is 12.3. The molecule has 0 radical (unpaired) electrons. The Morgan fingerprint density at radius 1 is 0.966 bits per heavy atom. The summed E-state index contributed by atoms with van der Waals surface area (Å²) >= 11 is 0. The molecule has 0 atom stereocenters. The maximum Gasteiger partial charge on any atom is 0.344 e. The molecule has 0 saturated heterocycles. The first-order valence-corrected chi connectivity index (χ1v) is 9.83. The Hall–Kier alpha value is -3.52. The number of hydrogen-bond donors (Lipinski definition) is 0. The molecule has 0 N–H and O–H groups in total. The monoisotopic (exact) mass is 385 g/mol. The van der Waals surface area contributed by atoms with Crippen LogP contribution in [0.5, 0.6) is 5.88 Å². The van der Waals surface area contributed by atoms with Gasteiger partial charge in [0.05, 0.1) is 35.3 Å². The zero-order valence-corrected chi connectivity index (χ0v) is 16.5. The second-order valence-corrected chi connectivity index (χ2v) is 6.83. The first-order chi connectivity index (χ1) is 14.2. The molecular formula is C24H23N3O2. The van der Waals surface area contributed by atoms with Gasteiger partial charge in [0.2, 0.25) is 5.88 Å². The van der Waals surface area contributed by atoms with Crippen LogP contribution in [0.25, 0.3) is 11.3 Å². The van der Waals surface area contributed by atoms with Crippen molar-refractivity contribution in [2.24, 2.45) is 0 Å². The minimum atomic E-state index is -0.456. The summed E-state index contributed by atoms with van der Waals surface area (Å²) in [6.45, 7) is 2.20. The van der Waals surface area contributed by atoms with Crippen LogP contribution < -0.4 is 4.74 Å². The van der Waals surface area contributed by atoms with E-state index in [9.17, 15) is 4.79 Å². The Morgan fingerprint density at radius 2 is 1.72 bits per heavy atom. The fourth-order valence-corrected chi connectivity index (χ4v) is 2.95. The second-order valence-electron chi connectivity index (χ2n) is 6.83. The fourth-order valence-electron chi connectivity index (χ4n) is 2.95. The number of nitriles is 1. The lowest BCUT2D eigenvalue weighted by Crippen LogP contribution is -2.09. The SMILES string of the molecule is CCCCCCc1ccc(C(=O)Oc2cnc(-c3ccc(C#N)cc3)cn2)cc1. The summed E-state index contributed by atoms with van der Waals surface area (Å²) < 4.78 is 5.33. The first-order valence-electron chi connectivity index (χ1n) is 9.83. The van der Waals surface area contributed by atoms with Crippen LogP contribution in [0.15, 0.2) is 60.9 Å². The molecule has 5 heteroatoms. The molecule has 0 spiro atoms. The van der Waals surface area contributed by atoms with Crippen molar-refractivity contribution in [1.29, 1.82) is 5.26 Å². The second kappa shape index (κ2) is 10.1. The summed E-state index contributed by atoms with van der Waals surface area (Å²) in [5.41, 5.74) is 3.77. The highest BCUT2D eigenvalue weighted by Gasteiger charge is 2.10. The van der Waals surface area contributed by atoms with E-state index in [0.29, 0.717) is 16.8 Å². The van der Waals surface area contributed by atoms with Crippen molar-refractivity contribution < 1.29 is 9.53 Å². The van der Waals surface area contributed by atoms with Gasteiger partial charge in [0.25, 0.3) is 0 Å². The molecule has 0 saturated carbocycles. The van der Waals surface area contributed by atoms with E-state index in [1.165, 1.54) is 37.4 Å². The Labute approximate surface area is 171 Å². The van der Waals surface area contributed by atoms with Gasteiger partial charge in [0.1, 0.15) is 0 Å². The molecule has 5 nitrogen and oxygen atoms in total. The highest BCUT2D eigenvalue weighted by molar-refractivity contribution is 5.90. The van der Waals surface area contributed by atoms with Crippen LogP contribution in [0.2, 0.25) is 0 Å². The van der Waals surface area contributed by atoms with Gasteiger partial charge in [-0.15, -0.1) is 0 Å². The molecule has 1 heterocycles. The summed E-state index contributed by atoms with van der Waals surface area (Å²) in [4.78, 5) is 20.8. The van der Waals surface area contributed by atoms with Crippen molar-refractivity contribution in [2.75, 3.05) is 0 Å². The number of hydrogen-bond acceptors (Lipinski definition) is 5. The summed E-state index contributed by atoms with van der Waals surface area (Å²) in [5, 5.41) is 8.86. The van der Waals surface area contributed by atoms with Crippen molar-refractivity contribution in [3.8, 4) is 23.2 Å². The average Bonchev–Trinajstić information content (AvgIpc) is 2.78. The van der Waals surface area contributed by atoms with E-state index in [0.717, 1.165) is 12.0 Å². The minimum Gasteiger partial charge on any atom is -0.402 e. The predicted molar refractivity (Wildman–Crippen MR) is 111 cm³/mol. The van der Waals surface area contributed by atoms with Gasteiger partial charge >= 0.3 is 5.97 Å². The van der Waals surface area contributed by atoms with Gasteiger partial charge in [0, 0.05) is 5.56 Å². The first kappa shape index (κ1) is 20.2. The van der Waals surface area contributed by atoms with Crippen molar-refractivity contribution in [3.05, 3.63) is 77.6 Å². The number of ether oxygens (including phenoxy) is 1. The molecule has 29 heavy (non-hydrogen) atoms. The van der Waals surface area contributed by atoms with E-state index in [2.05, 4.69) is 23.0 Å². The third-order valence-corrected chi connectivity index (χ3v) is 4.64. The van der Waals surface area contributed by atoms with Crippen LogP contribution in [0.4, 0.5) is 0 Å². The van der Waals surface area contributed by atoms with Gasteiger partial charge in [0.15, 0.2) is 0 Å². The highest BCUT2D eigenvalue weighted by Crippen LogP contribution is 2.18. The van der Waals surface area contributed by atoms with Gasteiger partial charge in [-0.05, 0) is 42.7 Å². The fraction of sp³-hybridized carbons (Fsp3) is 0.250. The van der Waals surface area contributed by atoms with Gasteiger partial charge < -0.3 is 4.74 Å². The molecule has 0 bridgehead atoms. The van der Waals surface area contributed by atoms with E-state index in [4.69, 9.17) is 10.00 Å². The van der Waals surface area contributed by atoms with Crippen molar-refractivity contribution in [1.82, 2.24) is 9.97 Å². The zero-order chi connectivity index (χ0) is 20.5. The van der Waals surface area contributed by atoms with Crippen LogP contribution in [-0.2, 0) is 6.42 Å². The average molecular weight is 385 g/mol. The molecule has 0 fully saturated rings.